The molecule has 0 aliphatic carbocycles. The van der Waals surface area contributed by atoms with Crippen molar-refractivity contribution in [3.05, 3.63) is 54.1 Å². The molecule has 2 aromatic carbocycles. The van der Waals surface area contributed by atoms with Gasteiger partial charge in [-0.25, -0.2) is 13.1 Å². The van der Waals surface area contributed by atoms with Gasteiger partial charge in [-0.05, 0) is 55.3 Å². The van der Waals surface area contributed by atoms with Crippen molar-refractivity contribution in [1.82, 2.24) is 10.0 Å². The van der Waals surface area contributed by atoms with Crippen molar-refractivity contribution in [1.29, 1.82) is 0 Å². The van der Waals surface area contributed by atoms with E-state index in [9.17, 15) is 13.2 Å². The molecule has 0 saturated carbocycles. The highest BCUT2D eigenvalue weighted by Crippen LogP contribution is 2.24. The minimum Gasteiger partial charge on any atom is -0.497 e. The summed E-state index contributed by atoms with van der Waals surface area (Å²) in [5, 5.41) is 2.88. The van der Waals surface area contributed by atoms with E-state index in [4.69, 9.17) is 9.47 Å². The van der Waals surface area contributed by atoms with Crippen LogP contribution < -0.4 is 19.5 Å². The van der Waals surface area contributed by atoms with Crippen LogP contribution in [-0.2, 0) is 14.8 Å². The number of carbonyl (C=O) groups is 1. The third-order valence-electron chi connectivity index (χ3n) is 4.59. The zero-order valence-corrected chi connectivity index (χ0v) is 18.0. The fourth-order valence-electron chi connectivity index (χ4n) is 2.70. The second-order valence-corrected chi connectivity index (χ2v) is 8.42. The van der Waals surface area contributed by atoms with Crippen LogP contribution in [-0.4, -0.2) is 34.6 Å². The largest absolute Gasteiger partial charge is 0.497 e. The van der Waals surface area contributed by atoms with Crippen LogP contribution in [0, 0.1) is 0 Å². The number of hydrogen-bond acceptors (Lipinski definition) is 5. The fraction of sp³-hybridized carbons (Fsp3) is 0.381. The summed E-state index contributed by atoms with van der Waals surface area (Å²) < 4.78 is 38.7. The van der Waals surface area contributed by atoms with Crippen LogP contribution in [0.2, 0.25) is 0 Å². The number of ether oxygens (including phenoxy) is 2. The SMILES string of the molecule is CC[C@H](C)NC(=O)C[C@@H](NS(=O)(=O)c1ccc(OC)cc1)c1ccc(OC)cc1. The summed E-state index contributed by atoms with van der Waals surface area (Å²) in [5.74, 6) is 0.982. The summed E-state index contributed by atoms with van der Waals surface area (Å²) in [6, 6.07) is 12.3. The molecule has 0 aromatic heterocycles. The summed E-state index contributed by atoms with van der Waals surface area (Å²) >= 11 is 0. The Balaban J connectivity index is 2.28. The Bertz CT molecular complexity index is 896. The van der Waals surface area contributed by atoms with Gasteiger partial charge < -0.3 is 14.8 Å². The van der Waals surface area contributed by atoms with E-state index in [0.29, 0.717) is 17.1 Å². The Kier molecular flexibility index (Phi) is 8.04. The second kappa shape index (κ2) is 10.3. The smallest absolute Gasteiger partial charge is 0.241 e. The first-order valence-electron chi connectivity index (χ1n) is 9.38. The maximum absolute atomic E-state index is 12.9. The molecule has 2 rings (SSSR count). The van der Waals surface area contributed by atoms with Gasteiger partial charge in [0.25, 0.3) is 0 Å². The molecule has 0 fully saturated rings. The van der Waals surface area contributed by atoms with Crippen molar-refractivity contribution in [2.45, 2.75) is 43.7 Å². The van der Waals surface area contributed by atoms with Gasteiger partial charge in [0, 0.05) is 12.5 Å². The van der Waals surface area contributed by atoms with Gasteiger partial charge in [-0.1, -0.05) is 19.1 Å². The zero-order chi connectivity index (χ0) is 21.4. The van der Waals surface area contributed by atoms with Crippen LogP contribution in [0.1, 0.15) is 38.3 Å². The lowest BCUT2D eigenvalue weighted by Gasteiger charge is -2.21. The molecule has 158 valence electrons. The average Bonchev–Trinajstić information content (AvgIpc) is 2.73. The molecule has 0 heterocycles. The van der Waals surface area contributed by atoms with Crippen LogP contribution in [0.25, 0.3) is 0 Å². The number of methoxy groups -OCH3 is 2. The van der Waals surface area contributed by atoms with Gasteiger partial charge in [-0.2, -0.15) is 0 Å². The first kappa shape index (κ1) is 22.7. The maximum atomic E-state index is 12.9. The highest BCUT2D eigenvalue weighted by Gasteiger charge is 2.24. The van der Waals surface area contributed by atoms with Gasteiger partial charge in [0.15, 0.2) is 0 Å². The van der Waals surface area contributed by atoms with Gasteiger partial charge in [0.05, 0.1) is 25.2 Å². The molecule has 7 nitrogen and oxygen atoms in total. The number of carbonyl (C=O) groups excluding carboxylic acids is 1. The predicted molar refractivity (Wildman–Crippen MR) is 112 cm³/mol. The van der Waals surface area contributed by atoms with E-state index >= 15 is 0 Å². The Morgan fingerprint density at radius 3 is 1.97 bits per heavy atom. The lowest BCUT2D eigenvalue weighted by Crippen LogP contribution is -2.37. The summed E-state index contributed by atoms with van der Waals surface area (Å²) in [7, 11) is -0.779. The van der Waals surface area contributed by atoms with Crippen molar-refractivity contribution in [3.8, 4) is 11.5 Å². The Morgan fingerprint density at radius 1 is 0.966 bits per heavy atom. The molecule has 29 heavy (non-hydrogen) atoms. The van der Waals surface area contributed by atoms with E-state index in [0.717, 1.165) is 6.42 Å². The molecule has 0 bridgehead atoms. The van der Waals surface area contributed by atoms with Crippen molar-refractivity contribution < 1.29 is 22.7 Å². The van der Waals surface area contributed by atoms with Gasteiger partial charge in [-0.15, -0.1) is 0 Å². The van der Waals surface area contributed by atoms with Gasteiger partial charge in [0.2, 0.25) is 15.9 Å². The van der Waals surface area contributed by atoms with E-state index in [2.05, 4.69) is 10.0 Å². The van der Waals surface area contributed by atoms with Crippen LogP contribution in [0.15, 0.2) is 53.4 Å². The summed E-state index contributed by atoms with van der Waals surface area (Å²) in [5.41, 5.74) is 0.669. The molecule has 8 heteroatoms. The number of rotatable bonds is 10. The molecule has 0 spiro atoms. The molecule has 0 aliphatic rings. The maximum Gasteiger partial charge on any atom is 0.241 e. The Morgan fingerprint density at radius 2 is 1.48 bits per heavy atom. The van der Waals surface area contributed by atoms with E-state index in [1.54, 1.807) is 43.5 Å². The minimum atomic E-state index is -3.84. The molecular formula is C21H28N2O5S. The van der Waals surface area contributed by atoms with Crippen LogP contribution in [0.3, 0.4) is 0 Å². The van der Waals surface area contributed by atoms with Crippen molar-refractivity contribution in [2.75, 3.05) is 14.2 Å². The normalized spacial score (nSPS) is 13.4. The Hall–Kier alpha value is -2.58. The number of hydrogen-bond donors (Lipinski definition) is 2. The lowest BCUT2D eigenvalue weighted by atomic mass is 10.0. The number of amides is 1. The minimum absolute atomic E-state index is 0.0113. The summed E-state index contributed by atoms with van der Waals surface area (Å²) in [4.78, 5) is 12.5. The molecule has 0 radical (unpaired) electrons. The highest BCUT2D eigenvalue weighted by molar-refractivity contribution is 7.89. The highest BCUT2D eigenvalue weighted by atomic mass is 32.2. The molecule has 2 atom stereocenters. The molecule has 0 aliphatic heterocycles. The van der Waals surface area contributed by atoms with E-state index in [1.165, 1.54) is 19.2 Å². The van der Waals surface area contributed by atoms with Crippen LogP contribution in [0.5, 0.6) is 11.5 Å². The topological polar surface area (TPSA) is 93.7 Å². The van der Waals surface area contributed by atoms with E-state index in [1.807, 2.05) is 13.8 Å². The third-order valence-corrected chi connectivity index (χ3v) is 6.08. The van der Waals surface area contributed by atoms with Crippen LogP contribution >= 0.6 is 0 Å². The zero-order valence-electron chi connectivity index (χ0n) is 17.1. The van der Waals surface area contributed by atoms with Crippen LogP contribution in [0.4, 0.5) is 0 Å². The van der Waals surface area contributed by atoms with Crippen molar-refractivity contribution in [3.63, 3.8) is 0 Å². The standard InChI is InChI=1S/C21H28N2O5S/c1-5-15(2)22-21(24)14-20(16-6-8-17(27-3)9-7-16)23-29(25,26)19-12-10-18(28-4)11-13-19/h6-13,15,20,23H,5,14H2,1-4H3,(H,22,24)/t15-,20+/m0/s1. The molecule has 0 unspecified atom stereocenters. The van der Waals surface area contributed by atoms with Crippen molar-refractivity contribution >= 4 is 15.9 Å². The van der Waals surface area contributed by atoms with Gasteiger partial charge in [-0.3, -0.25) is 4.79 Å². The molecule has 0 saturated heterocycles. The molecule has 2 N–H and O–H groups in total. The van der Waals surface area contributed by atoms with Crippen molar-refractivity contribution in [2.24, 2.45) is 0 Å². The summed E-state index contributed by atoms with van der Waals surface area (Å²) in [6.45, 7) is 3.88. The molecule has 1 amide bonds. The third kappa shape index (κ3) is 6.47. The fourth-order valence-corrected chi connectivity index (χ4v) is 3.92. The second-order valence-electron chi connectivity index (χ2n) is 6.70. The Labute approximate surface area is 172 Å². The number of sulfonamides is 1. The summed E-state index contributed by atoms with van der Waals surface area (Å²) in [6.07, 6.45) is 0.766. The van der Waals surface area contributed by atoms with E-state index in [-0.39, 0.29) is 23.3 Å². The quantitative estimate of drug-likeness (QED) is 0.616. The molecular weight excluding hydrogens is 392 g/mol. The number of benzene rings is 2. The van der Waals surface area contributed by atoms with E-state index < -0.39 is 16.1 Å². The monoisotopic (exact) mass is 420 g/mol. The van der Waals surface area contributed by atoms with Gasteiger partial charge >= 0.3 is 0 Å². The first-order chi connectivity index (χ1) is 13.8. The lowest BCUT2D eigenvalue weighted by molar-refractivity contribution is -0.122. The number of nitrogens with one attached hydrogen (secondary N) is 2. The first-order valence-corrected chi connectivity index (χ1v) is 10.9. The molecule has 2 aromatic rings. The average molecular weight is 421 g/mol. The van der Waals surface area contributed by atoms with Gasteiger partial charge in [0.1, 0.15) is 11.5 Å². The predicted octanol–water partition coefficient (Wildman–Crippen LogP) is 3.03.